The van der Waals surface area contributed by atoms with E-state index in [1.807, 2.05) is 0 Å². The van der Waals surface area contributed by atoms with Crippen molar-refractivity contribution < 1.29 is 22.9 Å². The fourth-order valence-corrected chi connectivity index (χ4v) is 5.43. The van der Waals surface area contributed by atoms with Crippen LogP contribution in [0.3, 0.4) is 0 Å². The van der Waals surface area contributed by atoms with E-state index >= 15 is 0 Å². The maximum atomic E-state index is 13.2. The van der Waals surface area contributed by atoms with Crippen molar-refractivity contribution in [2.24, 2.45) is 0 Å². The molecule has 1 aliphatic rings. The second-order valence-corrected chi connectivity index (χ2v) is 9.53. The molecule has 172 valence electrons. The number of nitrogens with zero attached hydrogens (tertiary/aromatic N) is 2. The number of rotatable bonds is 7. The molecule has 0 saturated carbocycles. The molecule has 1 fully saturated rings. The summed E-state index contributed by atoms with van der Waals surface area (Å²) in [4.78, 5) is 23.6. The molecule has 0 atom stereocenters. The maximum Gasteiger partial charge on any atom is 0.311 e. The van der Waals surface area contributed by atoms with Crippen molar-refractivity contribution in [2.75, 3.05) is 25.0 Å². The molecule has 2 aromatic carbocycles. The minimum absolute atomic E-state index is 0.0673. The van der Waals surface area contributed by atoms with Gasteiger partial charge in [-0.25, -0.2) is 8.42 Å². The van der Waals surface area contributed by atoms with Crippen molar-refractivity contribution in [3.05, 3.63) is 57.6 Å². The number of benzene rings is 2. The minimum Gasteiger partial charge on any atom is -0.487 e. The van der Waals surface area contributed by atoms with Gasteiger partial charge in [0.25, 0.3) is 5.91 Å². The number of nitrogens with one attached hydrogen (secondary N) is 1. The zero-order valence-corrected chi connectivity index (χ0v) is 19.0. The normalized spacial score (nSPS) is 15.1. The molecule has 1 aliphatic heterocycles. The Morgan fingerprint density at radius 2 is 1.81 bits per heavy atom. The number of ether oxygens (including phenoxy) is 1. The number of aryl methyl sites for hydroxylation is 1. The van der Waals surface area contributed by atoms with Crippen molar-refractivity contribution in [1.82, 2.24) is 4.31 Å². The van der Waals surface area contributed by atoms with Crippen LogP contribution < -0.4 is 10.1 Å². The lowest BCUT2D eigenvalue weighted by molar-refractivity contribution is -0.385. The molecule has 0 bridgehead atoms. The summed E-state index contributed by atoms with van der Waals surface area (Å²) in [6.07, 6.45) is 3.67. The second kappa shape index (κ2) is 10.1. The van der Waals surface area contributed by atoms with E-state index in [9.17, 15) is 23.3 Å². The van der Waals surface area contributed by atoms with Gasteiger partial charge in [-0.15, -0.1) is 0 Å². The molecule has 9 nitrogen and oxygen atoms in total. The number of nitro groups is 1. The number of anilines is 1. The fraction of sp³-hybridized carbons (Fsp3) is 0.409. The average molecular weight is 462 g/mol. The van der Waals surface area contributed by atoms with Gasteiger partial charge in [-0.1, -0.05) is 18.9 Å². The SMILES string of the molecule is CCOc1ccc(C(=O)Nc2ccc(C)c(S(=O)(=O)N3CCCCCC3)c2)cc1[N+](=O)[O-]. The van der Waals surface area contributed by atoms with Gasteiger partial charge in [0.1, 0.15) is 0 Å². The number of amides is 1. The van der Waals surface area contributed by atoms with Gasteiger partial charge in [-0.2, -0.15) is 4.31 Å². The van der Waals surface area contributed by atoms with Gasteiger partial charge in [-0.3, -0.25) is 14.9 Å². The summed E-state index contributed by atoms with van der Waals surface area (Å²) < 4.78 is 33.2. The average Bonchev–Trinajstić information content (AvgIpc) is 3.05. The van der Waals surface area contributed by atoms with Crippen LogP contribution in [0.4, 0.5) is 11.4 Å². The van der Waals surface area contributed by atoms with E-state index in [1.165, 1.54) is 22.5 Å². The highest BCUT2D eigenvalue weighted by molar-refractivity contribution is 7.89. The topological polar surface area (TPSA) is 119 Å². The molecule has 0 spiro atoms. The van der Waals surface area contributed by atoms with Gasteiger partial charge in [-0.05, 0) is 56.5 Å². The number of carbonyl (C=O) groups excluding carboxylic acids is 1. The summed E-state index contributed by atoms with van der Waals surface area (Å²) in [5.74, 6) is -0.506. The predicted octanol–water partition coefficient (Wildman–Crippen LogP) is 4.12. The molecule has 1 amide bonds. The van der Waals surface area contributed by atoms with Crippen molar-refractivity contribution in [3.63, 3.8) is 0 Å². The molecule has 2 aromatic rings. The standard InChI is InChI=1S/C22H27N3O6S/c1-3-31-20-11-9-17(14-19(20)25(27)28)22(26)23-18-10-8-16(2)21(15-18)32(29,30)24-12-6-4-5-7-13-24/h8-11,14-15H,3-7,12-13H2,1-2H3,(H,23,26). The predicted molar refractivity (Wildman–Crippen MR) is 121 cm³/mol. The Labute approximate surface area is 187 Å². The fourth-order valence-electron chi connectivity index (χ4n) is 3.66. The zero-order valence-electron chi connectivity index (χ0n) is 18.2. The highest BCUT2D eigenvalue weighted by Crippen LogP contribution is 2.29. The third-order valence-electron chi connectivity index (χ3n) is 5.35. The summed E-state index contributed by atoms with van der Waals surface area (Å²) in [6, 6.07) is 8.63. The van der Waals surface area contributed by atoms with Crippen molar-refractivity contribution >= 4 is 27.3 Å². The first kappa shape index (κ1) is 23.7. The molecule has 0 aliphatic carbocycles. The van der Waals surface area contributed by atoms with E-state index in [0.29, 0.717) is 24.3 Å². The van der Waals surface area contributed by atoms with Crippen molar-refractivity contribution in [3.8, 4) is 5.75 Å². The van der Waals surface area contributed by atoms with E-state index in [2.05, 4.69) is 5.32 Å². The second-order valence-electron chi connectivity index (χ2n) is 7.63. The molecular formula is C22H27N3O6S. The summed E-state index contributed by atoms with van der Waals surface area (Å²) in [5, 5.41) is 14.0. The van der Waals surface area contributed by atoms with Crippen LogP contribution in [0.5, 0.6) is 5.75 Å². The molecule has 1 heterocycles. The summed E-state index contributed by atoms with van der Waals surface area (Å²) in [6.45, 7) is 4.64. The van der Waals surface area contributed by atoms with E-state index in [-0.39, 0.29) is 28.5 Å². The molecule has 3 rings (SSSR count). The van der Waals surface area contributed by atoms with Gasteiger partial charge in [0.15, 0.2) is 5.75 Å². The number of nitro benzene ring substituents is 1. The number of hydrogen-bond donors (Lipinski definition) is 1. The van der Waals surface area contributed by atoms with Crippen LogP contribution in [0.2, 0.25) is 0 Å². The molecule has 0 aromatic heterocycles. The number of hydrogen-bond acceptors (Lipinski definition) is 6. The first-order chi connectivity index (χ1) is 15.2. The lowest BCUT2D eigenvalue weighted by Crippen LogP contribution is -2.32. The van der Waals surface area contributed by atoms with Crippen LogP contribution >= 0.6 is 0 Å². The van der Waals surface area contributed by atoms with Crippen molar-refractivity contribution in [2.45, 2.75) is 44.4 Å². The van der Waals surface area contributed by atoms with Crippen molar-refractivity contribution in [1.29, 1.82) is 0 Å². The van der Waals surface area contributed by atoms with Crippen LogP contribution in [0.1, 0.15) is 48.5 Å². The Kier molecular flexibility index (Phi) is 7.47. The third-order valence-corrected chi connectivity index (χ3v) is 7.39. The summed E-state index contributed by atoms with van der Waals surface area (Å²) in [7, 11) is -3.69. The summed E-state index contributed by atoms with van der Waals surface area (Å²) in [5.41, 5.74) is 0.639. The summed E-state index contributed by atoms with van der Waals surface area (Å²) >= 11 is 0. The van der Waals surface area contributed by atoms with Gasteiger partial charge in [0, 0.05) is 30.4 Å². The Hall–Kier alpha value is -2.98. The van der Waals surface area contributed by atoms with Gasteiger partial charge >= 0.3 is 5.69 Å². The maximum absolute atomic E-state index is 13.2. The molecular weight excluding hydrogens is 434 g/mol. The Morgan fingerprint density at radius 3 is 2.44 bits per heavy atom. The molecule has 0 radical (unpaired) electrons. The highest BCUT2D eigenvalue weighted by atomic mass is 32.2. The smallest absolute Gasteiger partial charge is 0.311 e. The molecule has 0 unspecified atom stereocenters. The lowest BCUT2D eigenvalue weighted by atomic mass is 10.1. The largest absolute Gasteiger partial charge is 0.487 e. The minimum atomic E-state index is -3.69. The lowest BCUT2D eigenvalue weighted by Gasteiger charge is -2.21. The van der Waals surface area contributed by atoms with Crippen LogP contribution in [-0.2, 0) is 10.0 Å². The van der Waals surface area contributed by atoms with E-state index in [1.54, 1.807) is 26.0 Å². The first-order valence-corrected chi connectivity index (χ1v) is 12.0. The molecule has 32 heavy (non-hydrogen) atoms. The van der Waals surface area contributed by atoms with Crippen LogP contribution in [-0.4, -0.2) is 43.2 Å². The highest BCUT2D eigenvalue weighted by Gasteiger charge is 2.27. The van der Waals surface area contributed by atoms with E-state index in [0.717, 1.165) is 31.7 Å². The molecule has 1 saturated heterocycles. The Balaban J connectivity index is 1.86. The number of carbonyl (C=O) groups is 1. The van der Waals surface area contributed by atoms with Crippen LogP contribution in [0, 0.1) is 17.0 Å². The van der Waals surface area contributed by atoms with Gasteiger partial charge < -0.3 is 10.1 Å². The number of sulfonamides is 1. The Bertz CT molecular complexity index is 1110. The Morgan fingerprint density at radius 1 is 1.12 bits per heavy atom. The van der Waals surface area contributed by atoms with E-state index in [4.69, 9.17) is 4.74 Å². The zero-order chi connectivity index (χ0) is 23.3. The first-order valence-electron chi connectivity index (χ1n) is 10.6. The van der Waals surface area contributed by atoms with Crippen LogP contribution in [0.15, 0.2) is 41.3 Å². The third kappa shape index (κ3) is 5.25. The van der Waals surface area contributed by atoms with Gasteiger partial charge in [0.2, 0.25) is 10.0 Å². The van der Waals surface area contributed by atoms with Crippen LogP contribution in [0.25, 0.3) is 0 Å². The quantitative estimate of drug-likeness (QED) is 0.489. The van der Waals surface area contributed by atoms with E-state index < -0.39 is 20.9 Å². The molecule has 10 heteroatoms. The molecule has 1 N–H and O–H groups in total. The monoisotopic (exact) mass is 461 g/mol. The van der Waals surface area contributed by atoms with Gasteiger partial charge in [0.05, 0.1) is 16.4 Å².